The molecule has 23 heavy (non-hydrogen) atoms. The lowest BCUT2D eigenvalue weighted by Crippen LogP contribution is -2.21. The summed E-state index contributed by atoms with van der Waals surface area (Å²) in [6.45, 7) is 1.94. The number of hydrogen-bond donors (Lipinski definition) is 1. The lowest BCUT2D eigenvalue weighted by molar-refractivity contribution is -0.118. The largest absolute Gasteiger partial charge is 0.272 e. The molecule has 1 N–H and O–H groups in total. The molecule has 120 valence electrons. The minimum absolute atomic E-state index is 0.0509. The summed E-state index contributed by atoms with van der Waals surface area (Å²) in [5.41, 5.74) is 6.09. The van der Waals surface area contributed by atoms with Crippen molar-refractivity contribution in [1.82, 2.24) is 5.43 Å². The third-order valence-electron chi connectivity index (χ3n) is 3.33. The van der Waals surface area contributed by atoms with Crippen LogP contribution in [0.1, 0.15) is 24.5 Å². The zero-order chi connectivity index (χ0) is 16.3. The fourth-order valence-electron chi connectivity index (χ4n) is 2.05. The summed E-state index contributed by atoms with van der Waals surface area (Å²) >= 11 is 1.60. The van der Waals surface area contributed by atoms with Crippen molar-refractivity contribution in [3.05, 3.63) is 71.8 Å². The fourth-order valence-corrected chi connectivity index (χ4v) is 2.83. The van der Waals surface area contributed by atoms with Crippen LogP contribution < -0.4 is 5.43 Å². The first kappa shape index (κ1) is 17.3. The van der Waals surface area contributed by atoms with Crippen molar-refractivity contribution >= 4 is 23.4 Å². The van der Waals surface area contributed by atoms with E-state index in [0.717, 1.165) is 24.3 Å². The number of amides is 1. The Morgan fingerprint density at radius 3 is 2.26 bits per heavy atom. The van der Waals surface area contributed by atoms with Crippen LogP contribution in [0.4, 0.5) is 0 Å². The second-order valence-electron chi connectivity index (χ2n) is 5.35. The molecule has 0 aliphatic rings. The third kappa shape index (κ3) is 7.15. The summed E-state index contributed by atoms with van der Waals surface area (Å²) in [5, 5.41) is 4.17. The number of hydrogen-bond acceptors (Lipinski definition) is 3. The maximum absolute atomic E-state index is 11.8. The molecule has 2 aromatic carbocycles. The van der Waals surface area contributed by atoms with E-state index in [-0.39, 0.29) is 5.91 Å². The van der Waals surface area contributed by atoms with Gasteiger partial charge in [-0.3, -0.25) is 4.79 Å². The molecule has 0 bridgehead atoms. The van der Waals surface area contributed by atoms with Crippen LogP contribution in [0, 0.1) is 0 Å². The number of carbonyl (C=O) groups excluding carboxylic acids is 1. The summed E-state index contributed by atoms with van der Waals surface area (Å²) in [7, 11) is 0. The highest BCUT2D eigenvalue weighted by molar-refractivity contribution is 7.99. The van der Waals surface area contributed by atoms with Crippen LogP contribution in [0.2, 0.25) is 0 Å². The number of thioether (sulfide) groups is 1. The molecule has 2 rings (SSSR count). The Kier molecular flexibility index (Phi) is 7.40. The Bertz CT molecular complexity index is 626. The normalized spacial score (nSPS) is 11.3. The van der Waals surface area contributed by atoms with Crippen LogP contribution in [0.3, 0.4) is 0 Å². The van der Waals surface area contributed by atoms with Gasteiger partial charge in [-0.15, -0.1) is 11.8 Å². The molecule has 0 radical (unpaired) electrons. The second-order valence-corrected chi connectivity index (χ2v) is 6.33. The monoisotopic (exact) mass is 326 g/mol. The lowest BCUT2D eigenvalue weighted by atomic mass is 10.1. The number of nitrogens with one attached hydrogen (secondary N) is 1. The van der Waals surface area contributed by atoms with Gasteiger partial charge in [-0.2, -0.15) is 5.10 Å². The second kappa shape index (κ2) is 9.85. The van der Waals surface area contributed by atoms with Crippen molar-refractivity contribution in [3.8, 4) is 0 Å². The minimum Gasteiger partial charge on any atom is -0.272 e. The Labute approximate surface area is 142 Å². The first-order chi connectivity index (χ1) is 11.2. The molecule has 4 heteroatoms. The van der Waals surface area contributed by atoms with E-state index in [1.807, 2.05) is 43.3 Å². The first-order valence-electron chi connectivity index (χ1n) is 7.71. The van der Waals surface area contributed by atoms with Gasteiger partial charge >= 0.3 is 0 Å². The van der Waals surface area contributed by atoms with E-state index >= 15 is 0 Å². The minimum atomic E-state index is -0.0509. The summed E-state index contributed by atoms with van der Waals surface area (Å²) in [6.07, 6.45) is 1.79. The van der Waals surface area contributed by atoms with E-state index in [0.29, 0.717) is 5.75 Å². The maximum Gasteiger partial charge on any atom is 0.250 e. The number of aryl methyl sites for hydroxylation is 1. The van der Waals surface area contributed by atoms with Gasteiger partial charge in [0, 0.05) is 11.5 Å². The highest BCUT2D eigenvalue weighted by atomic mass is 32.2. The molecule has 0 spiro atoms. The van der Waals surface area contributed by atoms with Gasteiger partial charge in [-0.05, 0) is 30.9 Å². The number of nitrogens with zero attached hydrogens (tertiary/aromatic N) is 1. The number of benzene rings is 2. The van der Waals surface area contributed by atoms with Crippen LogP contribution in [0.25, 0.3) is 0 Å². The number of hydrazone groups is 1. The molecule has 1 amide bonds. The van der Waals surface area contributed by atoms with Gasteiger partial charge in [0.05, 0.1) is 5.75 Å². The van der Waals surface area contributed by atoms with Gasteiger partial charge in [0.1, 0.15) is 0 Å². The van der Waals surface area contributed by atoms with Crippen molar-refractivity contribution in [2.45, 2.75) is 25.5 Å². The zero-order valence-electron chi connectivity index (χ0n) is 13.4. The molecule has 0 aliphatic carbocycles. The summed E-state index contributed by atoms with van der Waals surface area (Å²) in [6, 6.07) is 20.4. The van der Waals surface area contributed by atoms with Gasteiger partial charge in [0.2, 0.25) is 5.91 Å². The molecule has 3 nitrogen and oxygen atoms in total. The average Bonchev–Trinajstić information content (AvgIpc) is 2.60. The summed E-state index contributed by atoms with van der Waals surface area (Å²) in [4.78, 5) is 11.8. The van der Waals surface area contributed by atoms with Gasteiger partial charge in [-0.1, -0.05) is 60.7 Å². The van der Waals surface area contributed by atoms with E-state index in [4.69, 9.17) is 0 Å². The van der Waals surface area contributed by atoms with Crippen LogP contribution >= 0.6 is 11.8 Å². The molecule has 0 aliphatic heterocycles. The van der Waals surface area contributed by atoms with Crippen LogP contribution in [0.15, 0.2) is 65.8 Å². The molecule has 0 atom stereocenters. The zero-order valence-corrected chi connectivity index (χ0v) is 14.2. The van der Waals surface area contributed by atoms with E-state index in [1.165, 1.54) is 11.1 Å². The highest BCUT2D eigenvalue weighted by Gasteiger charge is 2.01. The van der Waals surface area contributed by atoms with E-state index in [2.05, 4.69) is 34.8 Å². The van der Waals surface area contributed by atoms with Crippen LogP contribution in [-0.2, 0) is 17.0 Å². The van der Waals surface area contributed by atoms with Crippen LogP contribution in [0.5, 0.6) is 0 Å². The number of rotatable bonds is 8. The molecular formula is C19H22N2OS. The highest BCUT2D eigenvalue weighted by Crippen LogP contribution is 2.11. The Morgan fingerprint density at radius 1 is 1.00 bits per heavy atom. The topological polar surface area (TPSA) is 41.5 Å². The smallest absolute Gasteiger partial charge is 0.250 e. The Morgan fingerprint density at radius 2 is 1.61 bits per heavy atom. The molecule has 0 saturated heterocycles. The molecule has 0 fully saturated rings. The quantitative estimate of drug-likeness (QED) is 0.587. The van der Waals surface area contributed by atoms with Gasteiger partial charge in [-0.25, -0.2) is 5.43 Å². The molecular weight excluding hydrogens is 304 g/mol. The predicted molar refractivity (Wildman–Crippen MR) is 98.6 cm³/mol. The van der Waals surface area contributed by atoms with Crippen molar-refractivity contribution < 1.29 is 4.79 Å². The van der Waals surface area contributed by atoms with Crippen LogP contribution in [-0.4, -0.2) is 17.4 Å². The fraction of sp³-hybridized carbons (Fsp3) is 0.263. The lowest BCUT2D eigenvalue weighted by Gasteiger charge is -2.04. The average molecular weight is 326 g/mol. The van der Waals surface area contributed by atoms with Crippen molar-refractivity contribution in [2.75, 3.05) is 5.75 Å². The van der Waals surface area contributed by atoms with E-state index in [1.54, 1.807) is 11.8 Å². The number of carbonyl (C=O) groups is 1. The SMILES string of the molecule is C/C(CCc1ccccc1)=N/NC(=O)CSCc1ccccc1. The summed E-state index contributed by atoms with van der Waals surface area (Å²) < 4.78 is 0. The molecule has 0 saturated carbocycles. The Hall–Kier alpha value is -2.07. The molecule has 0 aromatic heterocycles. The molecule has 2 aromatic rings. The molecule has 0 heterocycles. The van der Waals surface area contributed by atoms with E-state index in [9.17, 15) is 4.79 Å². The standard InChI is InChI=1S/C19H22N2OS/c1-16(12-13-17-8-4-2-5-9-17)20-21-19(22)15-23-14-18-10-6-3-7-11-18/h2-11H,12-15H2,1H3,(H,21,22)/b20-16-. The summed E-state index contributed by atoms with van der Waals surface area (Å²) in [5.74, 6) is 1.21. The van der Waals surface area contributed by atoms with Gasteiger partial charge in [0.25, 0.3) is 0 Å². The van der Waals surface area contributed by atoms with E-state index < -0.39 is 0 Å². The first-order valence-corrected chi connectivity index (χ1v) is 8.87. The third-order valence-corrected chi connectivity index (χ3v) is 4.34. The van der Waals surface area contributed by atoms with Gasteiger partial charge in [0.15, 0.2) is 0 Å². The Balaban J connectivity index is 1.64. The maximum atomic E-state index is 11.8. The van der Waals surface area contributed by atoms with Crippen molar-refractivity contribution in [3.63, 3.8) is 0 Å². The van der Waals surface area contributed by atoms with Crippen molar-refractivity contribution in [2.24, 2.45) is 5.10 Å². The molecule has 0 unspecified atom stereocenters. The van der Waals surface area contributed by atoms with Crippen molar-refractivity contribution in [1.29, 1.82) is 0 Å². The van der Waals surface area contributed by atoms with Gasteiger partial charge < -0.3 is 0 Å². The predicted octanol–water partition coefficient (Wildman–Crippen LogP) is 4.04.